The average molecular weight is 1420 g/mol. The Morgan fingerprint density at radius 3 is 0.701 bits per heavy atom. The molecule has 0 aliphatic heterocycles. The summed E-state index contributed by atoms with van der Waals surface area (Å²) in [5.41, 5.74) is 0. The smallest absolute Gasteiger partial charge is 0.462 e. The van der Waals surface area contributed by atoms with Crippen molar-refractivity contribution in [3.05, 3.63) is 0 Å². The van der Waals surface area contributed by atoms with Crippen LogP contribution in [0.3, 0.4) is 0 Å². The standard InChI is InChI=1S/C78H152O17P2/c1-8-9-10-11-12-13-21-31-38-45-52-59-75(80)88-65-73(95-78(83)62-55-48-41-34-27-20-24-30-37-44-51-58-71(6)7)67-92-96(84,85)90-63-72(79)64-91-97(86,87)93-68-74(94-77(82)61-54-47-40-33-26-19-15-17-23-29-36-43-50-57-70(4)5)66-89-76(81)60-53-46-39-32-25-18-14-16-22-28-35-42-49-56-69(2)3/h69-74,79H,8-68H2,1-7H3,(H,84,85)(H,86,87)/t72-,73+,74+/m0/s1. The minimum absolute atomic E-state index is 0.107. The van der Waals surface area contributed by atoms with Crippen LogP contribution >= 0.6 is 15.6 Å². The SMILES string of the molecule is CCCCCCCCCCCCCC(=O)OC[C@H](COP(=O)(O)OC[C@H](O)COP(=O)(O)OC[C@@H](COC(=O)CCCCCCCCCCCCCCCC(C)C)OC(=O)CCCCCCCCCCCCCCCC(C)C)OC(=O)CCCCCCCCCCCCCC(C)C. The van der Waals surface area contributed by atoms with Crippen molar-refractivity contribution in [1.82, 2.24) is 0 Å². The van der Waals surface area contributed by atoms with E-state index in [-0.39, 0.29) is 25.7 Å². The van der Waals surface area contributed by atoms with Gasteiger partial charge in [-0.25, -0.2) is 9.13 Å². The number of carbonyl (C=O) groups is 4. The molecule has 5 atom stereocenters. The Balaban J connectivity index is 5.26. The molecule has 0 amide bonds. The molecular formula is C78H152O17P2. The maximum absolute atomic E-state index is 13.1. The van der Waals surface area contributed by atoms with Gasteiger partial charge in [-0.15, -0.1) is 0 Å². The van der Waals surface area contributed by atoms with E-state index in [9.17, 15) is 43.2 Å². The molecule has 0 aromatic rings. The quantitative estimate of drug-likeness (QED) is 0.0222. The van der Waals surface area contributed by atoms with Gasteiger partial charge in [0, 0.05) is 25.7 Å². The van der Waals surface area contributed by atoms with Crippen LogP contribution < -0.4 is 0 Å². The lowest BCUT2D eigenvalue weighted by Gasteiger charge is -2.21. The van der Waals surface area contributed by atoms with Crippen LogP contribution in [0.5, 0.6) is 0 Å². The fraction of sp³-hybridized carbons (Fsp3) is 0.949. The normalized spacial score (nSPS) is 14.0. The van der Waals surface area contributed by atoms with Crippen molar-refractivity contribution in [3.8, 4) is 0 Å². The Labute approximate surface area is 594 Å². The lowest BCUT2D eigenvalue weighted by molar-refractivity contribution is -0.161. The number of phosphoric ester groups is 2. The van der Waals surface area contributed by atoms with Gasteiger partial charge in [0.1, 0.15) is 19.3 Å². The number of aliphatic hydroxyl groups excluding tert-OH is 1. The van der Waals surface area contributed by atoms with Crippen LogP contribution in [0.25, 0.3) is 0 Å². The van der Waals surface area contributed by atoms with Crippen molar-refractivity contribution in [3.63, 3.8) is 0 Å². The molecule has 0 bridgehead atoms. The molecule has 0 saturated carbocycles. The third-order valence-electron chi connectivity index (χ3n) is 18.1. The number of phosphoric acid groups is 2. The molecule has 0 aliphatic carbocycles. The van der Waals surface area contributed by atoms with Crippen molar-refractivity contribution < 1.29 is 80.2 Å². The van der Waals surface area contributed by atoms with Crippen LogP contribution in [-0.2, 0) is 65.4 Å². The Bertz CT molecular complexity index is 1890. The molecule has 0 rings (SSSR count). The third-order valence-corrected chi connectivity index (χ3v) is 20.0. The number of carbonyl (C=O) groups excluding carboxylic acids is 4. The predicted octanol–water partition coefficient (Wildman–Crippen LogP) is 23.0. The summed E-state index contributed by atoms with van der Waals surface area (Å²) in [5.74, 6) is 0.230. The second-order valence-electron chi connectivity index (χ2n) is 29.5. The number of aliphatic hydroxyl groups is 1. The van der Waals surface area contributed by atoms with Crippen LogP contribution in [0.1, 0.15) is 402 Å². The molecule has 576 valence electrons. The van der Waals surface area contributed by atoms with Gasteiger partial charge in [-0.3, -0.25) is 37.3 Å². The molecule has 0 fully saturated rings. The summed E-state index contributed by atoms with van der Waals surface area (Å²) in [4.78, 5) is 72.9. The molecule has 0 saturated heterocycles. The summed E-state index contributed by atoms with van der Waals surface area (Å²) in [6.45, 7) is 12.0. The largest absolute Gasteiger partial charge is 0.472 e. The fourth-order valence-electron chi connectivity index (χ4n) is 12.0. The Hall–Kier alpha value is -1.94. The van der Waals surface area contributed by atoms with E-state index in [4.69, 9.17) is 37.0 Å². The topological polar surface area (TPSA) is 237 Å². The van der Waals surface area contributed by atoms with Gasteiger partial charge < -0.3 is 33.8 Å². The highest BCUT2D eigenvalue weighted by molar-refractivity contribution is 7.47. The number of hydrogen-bond acceptors (Lipinski definition) is 15. The number of ether oxygens (including phenoxy) is 4. The van der Waals surface area contributed by atoms with Crippen LogP contribution in [0.2, 0.25) is 0 Å². The summed E-state index contributed by atoms with van der Waals surface area (Å²) in [6.07, 6.45) is 55.3. The second-order valence-corrected chi connectivity index (χ2v) is 32.4. The first-order valence-corrected chi connectivity index (χ1v) is 43.3. The minimum Gasteiger partial charge on any atom is -0.462 e. The van der Waals surface area contributed by atoms with Crippen molar-refractivity contribution in [2.45, 2.75) is 420 Å². The van der Waals surface area contributed by atoms with E-state index < -0.39 is 97.5 Å². The van der Waals surface area contributed by atoms with Gasteiger partial charge in [0.25, 0.3) is 0 Å². The van der Waals surface area contributed by atoms with Crippen LogP contribution in [-0.4, -0.2) is 96.7 Å². The van der Waals surface area contributed by atoms with E-state index in [0.717, 1.165) is 108 Å². The van der Waals surface area contributed by atoms with Gasteiger partial charge in [0.2, 0.25) is 0 Å². The van der Waals surface area contributed by atoms with Crippen LogP contribution in [0.15, 0.2) is 0 Å². The average Bonchev–Trinajstić information content (AvgIpc) is 1.98. The van der Waals surface area contributed by atoms with Crippen molar-refractivity contribution in [2.24, 2.45) is 17.8 Å². The lowest BCUT2D eigenvalue weighted by atomic mass is 10.0. The molecule has 17 nitrogen and oxygen atoms in total. The van der Waals surface area contributed by atoms with Gasteiger partial charge in [-0.2, -0.15) is 0 Å². The van der Waals surface area contributed by atoms with E-state index in [2.05, 4.69) is 48.5 Å². The molecule has 0 aromatic heterocycles. The molecule has 3 N–H and O–H groups in total. The molecule has 97 heavy (non-hydrogen) atoms. The highest BCUT2D eigenvalue weighted by Gasteiger charge is 2.30. The zero-order valence-corrected chi connectivity index (χ0v) is 65.3. The van der Waals surface area contributed by atoms with Crippen molar-refractivity contribution in [2.75, 3.05) is 39.6 Å². The molecular weight excluding hydrogens is 1270 g/mol. The van der Waals surface area contributed by atoms with Crippen LogP contribution in [0, 0.1) is 17.8 Å². The molecule has 0 radical (unpaired) electrons. The summed E-state index contributed by atoms with van der Waals surface area (Å²) in [7, 11) is -9.92. The molecule has 2 unspecified atom stereocenters. The summed E-state index contributed by atoms with van der Waals surface area (Å²) < 4.78 is 68.6. The molecule has 0 aromatic carbocycles. The first-order chi connectivity index (χ1) is 46.7. The Morgan fingerprint density at radius 1 is 0.278 bits per heavy atom. The van der Waals surface area contributed by atoms with Gasteiger partial charge >= 0.3 is 39.5 Å². The molecule has 19 heteroatoms. The second kappa shape index (κ2) is 68.5. The first-order valence-electron chi connectivity index (χ1n) is 40.3. The Morgan fingerprint density at radius 2 is 0.474 bits per heavy atom. The molecule has 0 heterocycles. The molecule has 0 spiro atoms. The monoisotopic (exact) mass is 1420 g/mol. The predicted molar refractivity (Wildman–Crippen MR) is 395 cm³/mol. The van der Waals surface area contributed by atoms with E-state index in [1.54, 1.807) is 0 Å². The third kappa shape index (κ3) is 72.2. The minimum atomic E-state index is -4.96. The fourth-order valence-corrected chi connectivity index (χ4v) is 13.5. The molecule has 0 aliphatic rings. The number of unbranched alkanes of at least 4 members (excludes halogenated alkanes) is 44. The van der Waals surface area contributed by atoms with E-state index in [0.29, 0.717) is 25.7 Å². The number of rotatable bonds is 76. The Kier molecular flexibility index (Phi) is 67.1. The zero-order valence-electron chi connectivity index (χ0n) is 63.5. The van der Waals surface area contributed by atoms with E-state index >= 15 is 0 Å². The highest BCUT2D eigenvalue weighted by atomic mass is 31.2. The zero-order chi connectivity index (χ0) is 71.6. The maximum atomic E-state index is 13.1. The van der Waals surface area contributed by atoms with E-state index in [1.165, 1.54) is 212 Å². The first kappa shape index (κ1) is 95.1. The highest BCUT2D eigenvalue weighted by Crippen LogP contribution is 2.45. The van der Waals surface area contributed by atoms with Gasteiger partial charge in [-0.05, 0) is 43.4 Å². The van der Waals surface area contributed by atoms with E-state index in [1.807, 2.05) is 0 Å². The summed E-state index contributed by atoms with van der Waals surface area (Å²) >= 11 is 0. The number of hydrogen-bond donors (Lipinski definition) is 3. The number of esters is 4. The maximum Gasteiger partial charge on any atom is 0.472 e. The summed E-state index contributed by atoms with van der Waals surface area (Å²) in [6, 6.07) is 0. The van der Waals surface area contributed by atoms with Gasteiger partial charge in [0.05, 0.1) is 26.4 Å². The van der Waals surface area contributed by atoms with Crippen molar-refractivity contribution in [1.29, 1.82) is 0 Å². The van der Waals surface area contributed by atoms with Crippen molar-refractivity contribution >= 4 is 39.5 Å². The summed E-state index contributed by atoms with van der Waals surface area (Å²) in [5, 5.41) is 10.6. The lowest BCUT2D eigenvalue weighted by Crippen LogP contribution is -2.30. The van der Waals surface area contributed by atoms with Gasteiger partial charge in [-0.1, -0.05) is 350 Å². The van der Waals surface area contributed by atoms with Crippen LogP contribution in [0.4, 0.5) is 0 Å². The van der Waals surface area contributed by atoms with Gasteiger partial charge in [0.15, 0.2) is 12.2 Å².